The molecule has 1 aliphatic heterocycles. The molecule has 3 rings (SSSR count). The fourth-order valence-corrected chi connectivity index (χ4v) is 3.93. The Labute approximate surface area is 155 Å². The van der Waals surface area contributed by atoms with Crippen LogP contribution < -0.4 is 10.0 Å². The van der Waals surface area contributed by atoms with Crippen molar-refractivity contribution in [2.24, 2.45) is 0 Å². The second-order valence-corrected chi connectivity index (χ2v) is 7.72. The van der Waals surface area contributed by atoms with Crippen LogP contribution in [0.15, 0.2) is 47.4 Å². The van der Waals surface area contributed by atoms with Gasteiger partial charge in [0.05, 0.1) is 17.4 Å². The van der Waals surface area contributed by atoms with Crippen LogP contribution in [0.4, 0.5) is 14.5 Å². The van der Waals surface area contributed by atoms with Crippen molar-refractivity contribution in [3.63, 3.8) is 0 Å². The summed E-state index contributed by atoms with van der Waals surface area (Å²) in [7, 11) is -4.42. The van der Waals surface area contributed by atoms with Gasteiger partial charge in [-0.3, -0.25) is 9.52 Å². The number of benzene rings is 2. The van der Waals surface area contributed by atoms with Crippen molar-refractivity contribution in [3.8, 4) is 0 Å². The summed E-state index contributed by atoms with van der Waals surface area (Å²) in [6.07, 6.45) is 1.70. The highest BCUT2D eigenvalue weighted by Crippen LogP contribution is 2.22. The highest BCUT2D eigenvalue weighted by molar-refractivity contribution is 7.92. The summed E-state index contributed by atoms with van der Waals surface area (Å²) >= 11 is 0. The largest absolute Gasteiger partial charge is 0.376 e. The first-order chi connectivity index (χ1) is 12.9. The van der Waals surface area contributed by atoms with E-state index < -0.39 is 32.5 Å². The zero-order valence-electron chi connectivity index (χ0n) is 14.2. The van der Waals surface area contributed by atoms with E-state index in [-0.39, 0.29) is 17.4 Å². The number of carbonyl (C=O) groups excluding carboxylic acids is 1. The highest BCUT2D eigenvalue weighted by Gasteiger charge is 2.23. The number of amides is 1. The number of ether oxygens (including phenoxy) is 1. The number of nitrogens with one attached hydrogen (secondary N) is 2. The molecule has 0 saturated carbocycles. The number of carbonyl (C=O) groups is 1. The normalized spacial score (nSPS) is 16.9. The van der Waals surface area contributed by atoms with Crippen LogP contribution in [0, 0.1) is 11.6 Å². The molecule has 1 saturated heterocycles. The lowest BCUT2D eigenvalue weighted by Gasteiger charge is -2.14. The number of hydrogen-bond donors (Lipinski definition) is 2. The predicted octanol–water partition coefficient (Wildman–Crippen LogP) is 2.67. The first kappa shape index (κ1) is 19.2. The molecule has 0 spiro atoms. The minimum Gasteiger partial charge on any atom is -0.376 e. The molecular formula is C18H18F2N2O4S. The molecule has 1 amide bonds. The van der Waals surface area contributed by atoms with Crippen LogP contribution in [0.5, 0.6) is 0 Å². The average Bonchev–Trinajstić information content (AvgIpc) is 3.15. The lowest BCUT2D eigenvalue weighted by molar-refractivity contribution is 0.0858. The fraction of sp³-hybridized carbons (Fsp3) is 0.278. The Morgan fingerprint density at radius 2 is 1.96 bits per heavy atom. The molecule has 144 valence electrons. The number of halogens is 2. The Kier molecular flexibility index (Phi) is 5.71. The lowest BCUT2D eigenvalue weighted by Crippen LogP contribution is -2.32. The van der Waals surface area contributed by atoms with Crippen molar-refractivity contribution in [1.82, 2.24) is 5.32 Å². The highest BCUT2D eigenvalue weighted by atomic mass is 32.2. The van der Waals surface area contributed by atoms with Crippen molar-refractivity contribution in [2.75, 3.05) is 17.9 Å². The molecule has 0 aliphatic carbocycles. The SMILES string of the molecule is O=C(NC[C@@H]1CCCO1)c1ccccc1NS(=O)(=O)c1cc(F)ccc1F. The van der Waals surface area contributed by atoms with Crippen LogP contribution in [-0.2, 0) is 14.8 Å². The van der Waals surface area contributed by atoms with Crippen LogP contribution in [0.2, 0.25) is 0 Å². The smallest absolute Gasteiger partial charge is 0.264 e. The average molecular weight is 396 g/mol. The monoisotopic (exact) mass is 396 g/mol. The quantitative estimate of drug-likeness (QED) is 0.786. The van der Waals surface area contributed by atoms with Crippen molar-refractivity contribution < 1.29 is 26.7 Å². The molecule has 1 heterocycles. The maximum Gasteiger partial charge on any atom is 0.264 e. The van der Waals surface area contributed by atoms with Gasteiger partial charge in [0.2, 0.25) is 0 Å². The molecule has 1 atom stereocenters. The van der Waals surface area contributed by atoms with Crippen LogP contribution in [0.1, 0.15) is 23.2 Å². The van der Waals surface area contributed by atoms with E-state index in [1.54, 1.807) is 6.07 Å². The molecule has 0 aromatic heterocycles. The summed E-state index contributed by atoms with van der Waals surface area (Å²) in [4.78, 5) is 11.6. The molecule has 0 bridgehead atoms. The number of para-hydroxylation sites is 1. The van der Waals surface area contributed by atoms with E-state index in [0.717, 1.165) is 25.0 Å². The van der Waals surface area contributed by atoms with Gasteiger partial charge in [-0.2, -0.15) is 0 Å². The molecule has 1 aliphatic rings. The van der Waals surface area contributed by atoms with Crippen molar-refractivity contribution in [3.05, 3.63) is 59.7 Å². The Morgan fingerprint density at radius 3 is 2.70 bits per heavy atom. The van der Waals surface area contributed by atoms with E-state index in [0.29, 0.717) is 19.2 Å². The second-order valence-electron chi connectivity index (χ2n) is 6.07. The van der Waals surface area contributed by atoms with Gasteiger partial charge < -0.3 is 10.1 Å². The third-order valence-corrected chi connectivity index (χ3v) is 5.49. The first-order valence-corrected chi connectivity index (χ1v) is 9.82. The van der Waals surface area contributed by atoms with E-state index in [1.807, 2.05) is 0 Å². The summed E-state index contributed by atoms with van der Waals surface area (Å²) in [6, 6.07) is 8.03. The van der Waals surface area contributed by atoms with E-state index in [9.17, 15) is 22.0 Å². The van der Waals surface area contributed by atoms with Crippen molar-refractivity contribution >= 4 is 21.6 Å². The van der Waals surface area contributed by atoms with Gasteiger partial charge in [-0.25, -0.2) is 17.2 Å². The zero-order chi connectivity index (χ0) is 19.4. The number of rotatable bonds is 6. The molecule has 2 aromatic rings. The van der Waals surface area contributed by atoms with Crippen LogP contribution >= 0.6 is 0 Å². The van der Waals surface area contributed by atoms with Gasteiger partial charge in [0.1, 0.15) is 16.5 Å². The zero-order valence-corrected chi connectivity index (χ0v) is 15.1. The minimum absolute atomic E-state index is 0.0361. The third-order valence-electron chi connectivity index (χ3n) is 4.11. The Bertz CT molecular complexity index is 944. The van der Waals surface area contributed by atoms with Gasteiger partial charge in [0.15, 0.2) is 0 Å². The number of sulfonamides is 1. The van der Waals surface area contributed by atoms with Gasteiger partial charge in [-0.1, -0.05) is 12.1 Å². The molecule has 0 unspecified atom stereocenters. The maximum atomic E-state index is 13.8. The lowest BCUT2D eigenvalue weighted by atomic mass is 10.1. The van der Waals surface area contributed by atoms with Crippen LogP contribution in [0.25, 0.3) is 0 Å². The summed E-state index contributed by atoms with van der Waals surface area (Å²) in [5.74, 6) is -2.48. The van der Waals surface area contributed by atoms with Gasteiger partial charge in [-0.15, -0.1) is 0 Å². The summed E-state index contributed by atoms with van der Waals surface area (Å²) in [6.45, 7) is 0.953. The second kappa shape index (κ2) is 8.01. The predicted molar refractivity (Wildman–Crippen MR) is 94.9 cm³/mol. The molecule has 9 heteroatoms. The fourth-order valence-electron chi connectivity index (χ4n) is 2.76. The van der Waals surface area contributed by atoms with Crippen molar-refractivity contribution in [1.29, 1.82) is 0 Å². The third kappa shape index (κ3) is 4.61. The van der Waals surface area contributed by atoms with Gasteiger partial charge in [0.25, 0.3) is 15.9 Å². The van der Waals surface area contributed by atoms with Gasteiger partial charge in [-0.05, 0) is 43.2 Å². The van der Waals surface area contributed by atoms with Crippen molar-refractivity contribution in [2.45, 2.75) is 23.8 Å². The maximum absolute atomic E-state index is 13.8. The molecule has 1 fully saturated rings. The van der Waals surface area contributed by atoms with E-state index in [4.69, 9.17) is 4.74 Å². The summed E-state index contributed by atoms with van der Waals surface area (Å²) in [5, 5.41) is 2.69. The topological polar surface area (TPSA) is 84.5 Å². The van der Waals surface area contributed by atoms with E-state index >= 15 is 0 Å². The van der Waals surface area contributed by atoms with Gasteiger partial charge >= 0.3 is 0 Å². The van der Waals surface area contributed by atoms with E-state index in [2.05, 4.69) is 10.0 Å². The standard InChI is InChI=1S/C18H18F2N2O4S/c19-12-7-8-15(20)17(10-12)27(24,25)22-16-6-2-1-5-14(16)18(23)21-11-13-4-3-9-26-13/h1-2,5-8,10,13,22H,3-4,9,11H2,(H,21,23)/t13-/m0/s1. The Balaban J connectivity index is 1.80. The molecule has 2 aromatic carbocycles. The molecule has 6 nitrogen and oxygen atoms in total. The Morgan fingerprint density at radius 1 is 1.19 bits per heavy atom. The number of hydrogen-bond acceptors (Lipinski definition) is 4. The molecule has 27 heavy (non-hydrogen) atoms. The van der Waals surface area contributed by atoms with Crippen LogP contribution in [0.3, 0.4) is 0 Å². The summed E-state index contributed by atoms with van der Waals surface area (Å²) in [5.41, 5.74) is 0.0295. The van der Waals surface area contributed by atoms with E-state index in [1.165, 1.54) is 18.2 Å². The van der Waals surface area contributed by atoms with Crippen LogP contribution in [-0.4, -0.2) is 33.6 Å². The molecule has 2 N–H and O–H groups in total. The number of anilines is 1. The first-order valence-electron chi connectivity index (χ1n) is 8.33. The summed E-state index contributed by atoms with van der Waals surface area (Å²) < 4.78 is 59.7. The molecule has 0 radical (unpaired) electrons. The Hall–Kier alpha value is -2.52. The molecular weight excluding hydrogens is 378 g/mol. The van der Waals surface area contributed by atoms with Gasteiger partial charge in [0, 0.05) is 13.2 Å². The minimum atomic E-state index is -4.42.